The molecule has 0 N–H and O–H groups in total. The molecule has 1 aromatic carbocycles. The first-order valence-corrected chi connectivity index (χ1v) is 8.51. The highest BCUT2D eigenvalue weighted by Gasteiger charge is 2.24. The van der Waals surface area contributed by atoms with Gasteiger partial charge in [0.1, 0.15) is 0 Å². The fourth-order valence-electron chi connectivity index (χ4n) is 3.13. The second kappa shape index (κ2) is 6.94. The van der Waals surface area contributed by atoms with Crippen LogP contribution >= 0.6 is 0 Å². The molecule has 5 heteroatoms. The molecule has 2 aromatic rings. The van der Waals surface area contributed by atoms with Crippen LogP contribution < -0.4 is 5.56 Å². The summed E-state index contributed by atoms with van der Waals surface area (Å²) in [7, 11) is 0. The van der Waals surface area contributed by atoms with Crippen molar-refractivity contribution in [2.75, 3.05) is 13.1 Å². The molecule has 1 saturated heterocycles. The third-order valence-corrected chi connectivity index (χ3v) is 4.44. The van der Waals surface area contributed by atoms with Crippen molar-refractivity contribution < 1.29 is 4.79 Å². The SMILES string of the molecule is CCCCCn1nc(C(=O)N2CCCC2)c2ccccc2c1=O. The summed E-state index contributed by atoms with van der Waals surface area (Å²) in [6, 6.07) is 7.30. The Bertz CT molecular complexity index is 760. The Morgan fingerprint density at radius 2 is 1.83 bits per heavy atom. The maximum absolute atomic E-state index is 12.8. The predicted molar refractivity (Wildman–Crippen MR) is 90.7 cm³/mol. The minimum absolute atomic E-state index is 0.0528. The standard InChI is InChI=1S/C18H23N3O2/c1-2-3-6-13-21-17(22)15-10-5-4-9-14(15)16(19-21)18(23)20-11-7-8-12-20/h4-5,9-10H,2-3,6-8,11-13H2,1H3. The number of nitrogens with zero attached hydrogens (tertiary/aromatic N) is 3. The zero-order valence-electron chi connectivity index (χ0n) is 13.6. The molecule has 0 unspecified atom stereocenters. The van der Waals surface area contributed by atoms with Gasteiger partial charge in [0, 0.05) is 25.0 Å². The number of carbonyl (C=O) groups is 1. The van der Waals surface area contributed by atoms with Gasteiger partial charge in [-0.25, -0.2) is 4.68 Å². The van der Waals surface area contributed by atoms with Gasteiger partial charge < -0.3 is 4.90 Å². The molecule has 23 heavy (non-hydrogen) atoms. The van der Waals surface area contributed by atoms with Crippen LogP contribution in [0.15, 0.2) is 29.1 Å². The van der Waals surface area contributed by atoms with Crippen molar-refractivity contribution in [3.05, 3.63) is 40.3 Å². The summed E-state index contributed by atoms with van der Waals surface area (Å²) in [5, 5.41) is 5.68. The van der Waals surface area contributed by atoms with Crippen LogP contribution in [0, 0.1) is 0 Å². The number of hydrogen-bond acceptors (Lipinski definition) is 3. The molecule has 0 radical (unpaired) electrons. The first-order chi connectivity index (χ1) is 11.2. The fraction of sp³-hybridized carbons (Fsp3) is 0.500. The highest BCUT2D eigenvalue weighted by Crippen LogP contribution is 2.18. The summed E-state index contributed by atoms with van der Waals surface area (Å²) < 4.78 is 1.47. The average Bonchev–Trinajstić information content (AvgIpc) is 3.11. The lowest BCUT2D eigenvalue weighted by Crippen LogP contribution is -2.32. The maximum atomic E-state index is 12.8. The summed E-state index contributed by atoms with van der Waals surface area (Å²) >= 11 is 0. The lowest BCUT2D eigenvalue weighted by molar-refractivity contribution is 0.0786. The zero-order valence-corrected chi connectivity index (χ0v) is 13.6. The van der Waals surface area contributed by atoms with E-state index < -0.39 is 0 Å². The second-order valence-electron chi connectivity index (χ2n) is 6.13. The lowest BCUT2D eigenvalue weighted by Gasteiger charge is -2.17. The van der Waals surface area contributed by atoms with Crippen LogP contribution in [-0.2, 0) is 6.54 Å². The van der Waals surface area contributed by atoms with E-state index in [1.165, 1.54) is 4.68 Å². The molecule has 1 amide bonds. The van der Waals surface area contributed by atoms with E-state index in [0.29, 0.717) is 23.0 Å². The number of fused-ring (bicyclic) bond motifs is 1. The van der Waals surface area contributed by atoms with Crippen LogP contribution in [0.2, 0.25) is 0 Å². The van der Waals surface area contributed by atoms with Gasteiger partial charge in [0.15, 0.2) is 5.69 Å². The average molecular weight is 313 g/mol. The largest absolute Gasteiger partial charge is 0.337 e. The molecule has 122 valence electrons. The molecule has 3 rings (SSSR count). The van der Waals surface area contributed by atoms with E-state index >= 15 is 0 Å². The van der Waals surface area contributed by atoms with Crippen molar-refractivity contribution in [2.45, 2.75) is 45.6 Å². The molecule has 1 aliphatic heterocycles. The Labute approximate surface area is 135 Å². The number of carbonyl (C=O) groups excluding carboxylic acids is 1. The molecule has 0 atom stereocenters. The first-order valence-electron chi connectivity index (χ1n) is 8.51. The lowest BCUT2D eigenvalue weighted by atomic mass is 10.1. The third-order valence-electron chi connectivity index (χ3n) is 4.44. The smallest absolute Gasteiger partial charge is 0.274 e. The van der Waals surface area contributed by atoms with E-state index in [1.807, 2.05) is 23.1 Å². The third kappa shape index (κ3) is 3.14. The van der Waals surface area contributed by atoms with E-state index in [0.717, 1.165) is 45.2 Å². The number of rotatable bonds is 5. The van der Waals surface area contributed by atoms with Crippen LogP contribution in [0.4, 0.5) is 0 Å². The van der Waals surface area contributed by atoms with Crippen molar-refractivity contribution >= 4 is 16.7 Å². The fourth-order valence-corrected chi connectivity index (χ4v) is 3.13. The monoisotopic (exact) mass is 313 g/mol. The van der Waals surface area contributed by atoms with Gasteiger partial charge >= 0.3 is 0 Å². The minimum Gasteiger partial charge on any atom is -0.337 e. The zero-order chi connectivity index (χ0) is 16.2. The summed E-state index contributed by atoms with van der Waals surface area (Å²) in [6.45, 7) is 4.25. The Morgan fingerprint density at radius 1 is 1.13 bits per heavy atom. The van der Waals surface area contributed by atoms with Gasteiger partial charge in [-0.3, -0.25) is 9.59 Å². The van der Waals surface area contributed by atoms with Crippen molar-refractivity contribution in [1.29, 1.82) is 0 Å². The Kier molecular flexibility index (Phi) is 4.74. The van der Waals surface area contributed by atoms with E-state index in [9.17, 15) is 9.59 Å². The molecule has 1 aromatic heterocycles. The number of aromatic nitrogens is 2. The highest BCUT2D eigenvalue weighted by atomic mass is 16.2. The van der Waals surface area contributed by atoms with E-state index in [4.69, 9.17) is 0 Å². The Balaban J connectivity index is 2.05. The predicted octanol–water partition coefficient (Wildman–Crippen LogP) is 2.82. The molecule has 0 saturated carbocycles. The topological polar surface area (TPSA) is 55.2 Å². The molecular weight excluding hydrogens is 290 g/mol. The molecule has 0 aliphatic carbocycles. The number of unbranched alkanes of at least 4 members (excludes halogenated alkanes) is 2. The number of amides is 1. The highest BCUT2D eigenvalue weighted by molar-refractivity contribution is 6.04. The summed E-state index contributed by atoms with van der Waals surface area (Å²) in [6.07, 6.45) is 5.12. The number of likely N-dealkylation sites (tertiary alicyclic amines) is 1. The molecule has 1 aliphatic rings. The minimum atomic E-state index is -0.102. The van der Waals surface area contributed by atoms with Crippen molar-refractivity contribution in [3.8, 4) is 0 Å². The van der Waals surface area contributed by atoms with Crippen molar-refractivity contribution in [1.82, 2.24) is 14.7 Å². The van der Waals surface area contributed by atoms with Crippen LogP contribution in [0.1, 0.15) is 49.5 Å². The van der Waals surface area contributed by atoms with E-state index in [2.05, 4.69) is 12.0 Å². The summed E-state index contributed by atoms with van der Waals surface area (Å²) in [4.78, 5) is 27.2. The van der Waals surface area contributed by atoms with Gasteiger partial charge in [0.05, 0.1) is 5.39 Å². The van der Waals surface area contributed by atoms with Crippen LogP contribution in [0.25, 0.3) is 10.8 Å². The van der Waals surface area contributed by atoms with E-state index in [-0.39, 0.29) is 11.5 Å². The maximum Gasteiger partial charge on any atom is 0.274 e. The van der Waals surface area contributed by atoms with Gasteiger partial charge in [0.25, 0.3) is 11.5 Å². The van der Waals surface area contributed by atoms with Gasteiger partial charge in [-0.1, -0.05) is 38.0 Å². The van der Waals surface area contributed by atoms with Crippen LogP contribution in [0.5, 0.6) is 0 Å². The van der Waals surface area contributed by atoms with Gasteiger partial charge in [-0.05, 0) is 25.3 Å². The molecule has 0 spiro atoms. The second-order valence-corrected chi connectivity index (χ2v) is 6.13. The Morgan fingerprint density at radius 3 is 2.52 bits per heavy atom. The number of benzene rings is 1. The molecule has 5 nitrogen and oxygen atoms in total. The van der Waals surface area contributed by atoms with Gasteiger partial charge in [-0.15, -0.1) is 0 Å². The molecule has 2 heterocycles. The molecular formula is C18H23N3O2. The quantitative estimate of drug-likeness (QED) is 0.798. The normalized spacial score (nSPS) is 14.6. The van der Waals surface area contributed by atoms with E-state index in [1.54, 1.807) is 6.07 Å². The number of hydrogen-bond donors (Lipinski definition) is 0. The van der Waals surface area contributed by atoms with Crippen molar-refractivity contribution in [2.24, 2.45) is 0 Å². The first kappa shape index (κ1) is 15.7. The Hall–Kier alpha value is -2.17. The van der Waals surface area contributed by atoms with Crippen molar-refractivity contribution in [3.63, 3.8) is 0 Å². The molecule has 0 bridgehead atoms. The van der Waals surface area contributed by atoms with Gasteiger partial charge in [0.2, 0.25) is 0 Å². The van der Waals surface area contributed by atoms with Crippen LogP contribution in [0.3, 0.4) is 0 Å². The summed E-state index contributed by atoms with van der Waals surface area (Å²) in [5.41, 5.74) is 0.313. The number of aryl methyl sites for hydroxylation is 1. The molecule has 1 fully saturated rings. The summed E-state index contributed by atoms with van der Waals surface area (Å²) in [5.74, 6) is -0.0528. The van der Waals surface area contributed by atoms with Gasteiger partial charge in [-0.2, -0.15) is 5.10 Å². The van der Waals surface area contributed by atoms with Crippen LogP contribution in [-0.4, -0.2) is 33.7 Å².